The number of nitrogens with zero attached hydrogens (tertiary/aromatic N) is 2. The summed E-state index contributed by atoms with van der Waals surface area (Å²) in [6.45, 7) is 2.15. The molecule has 2 nitrogen and oxygen atoms in total. The second kappa shape index (κ2) is 8.12. The zero-order chi connectivity index (χ0) is 18.6. The Labute approximate surface area is 168 Å². The van der Waals surface area contributed by atoms with E-state index in [-0.39, 0.29) is 0 Å². The fraction of sp³-hybridized carbons (Fsp3) is 0.130. The van der Waals surface area contributed by atoms with Gasteiger partial charge in [0.15, 0.2) is 5.16 Å². The third kappa shape index (κ3) is 4.32. The van der Waals surface area contributed by atoms with E-state index in [0.717, 1.165) is 23.0 Å². The molecule has 0 atom stereocenters. The molecule has 1 heterocycles. The van der Waals surface area contributed by atoms with Crippen LogP contribution in [0.1, 0.15) is 22.4 Å². The number of rotatable bonds is 5. The van der Waals surface area contributed by atoms with E-state index in [9.17, 15) is 0 Å². The summed E-state index contributed by atoms with van der Waals surface area (Å²) in [6.07, 6.45) is 0.754. The van der Waals surface area contributed by atoms with Crippen molar-refractivity contribution >= 4 is 34.1 Å². The Morgan fingerprint density at radius 3 is 2.52 bits per heavy atom. The first-order chi connectivity index (χ1) is 13.2. The average Bonchev–Trinajstić information content (AvgIpc) is 2.67. The molecule has 0 spiro atoms. The van der Waals surface area contributed by atoms with Gasteiger partial charge in [-0.05, 0) is 40.5 Å². The molecule has 0 aliphatic heterocycles. The van der Waals surface area contributed by atoms with Crippen LogP contribution in [0.3, 0.4) is 0 Å². The van der Waals surface area contributed by atoms with Crippen LogP contribution >= 0.6 is 23.4 Å². The summed E-state index contributed by atoms with van der Waals surface area (Å²) < 4.78 is 0. The Balaban J connectivity index is 1.58. The van der Waals surface area contributed by atoms with Gasteiger partial charge in [-0.25, -0.2) is 9.97 Å². The molecule has 0 unspecified atom stereocenters. The first-order valence-electron chi connectivity index (χ1n) is 8.86. The van der Waals surface area contributed by atoms with Gasteiger partial charge in [-0.1, -0.05) is 90.1 Å². The highest BCUT2D eigenvalue weighted by molar-refractivity contribution is 7.98. The SMILES string of the molecule is Cc1ccc2ccccc2c1CSc1nc(Cl)cc(Cc2ccccc2)n1. The number of hydrogen-bond acceptors (Lipinski definition) is 3. The quantitative estimate of drug-likeness (QED) is 0.222. The molecule has 4 rings (SSSR count). The van der Waals surface area contributed by atoms with Crippen LogP contribution in [0.5, 0.6) is 0 Å². The highest BCUT2D eigenvalue weighted by Crippen LogP contribution is 2.29. The zero-order valence-electron chi connectivity index (χ0n) is 15.0. The normalized spacial score (nSPS) is 11.0. The largest absolute Gasteiger partial charge is 0.227 e. The van der Waals surface area contributed by atoms with Crippen molar-refractivity contribution in [2.45, 2.75) is 24.3 Å². The van der Waals surface area contributed by atoms with Gasteiger partial charge in [-0.3, -0.25) is 0 Å². The van der Waals surface area contributed by atoms with Gasteiger partial charge in [-0.2, -0.15) is 0 Å². The highest BCUT2D eigenvalue weighted by Gasteiger charge is 2.09. The van der Waals surface area contributed by atoms with Crippen molar-refractivity contribution in [3.63, 3.8) is 0 Å². The molecule has 4 aromatic rings. The second-order valence-corrected chi connectivity index (χ2v) is 7.83. The number of aryl methyl sites for hydroxylation is 1. The zero-order valence-corrected chi connectivity index (χ0v) is 16.6. The Morgan fingerprint density at radius 1 is 0.889 bits per heavy atom. The topological polar surface area (TPSA) is 25.8 Å². The molecule has 27 heavy (non-hydrogen) atoms. The number of fused-ring (bicyclic) bond motifs is 1. The van der Waals surface area contributed by atoms with Crippen molar-refractivity contribution in [2.75, 3.05) is 0 Å². The maximum absolute atomic E-state index is 6.26. The fourth-order valence-electron chi connectivity index (χ4n) is 3.17. The van der Waals surface area contributed by atoms with Gasteiger partial charge in [0.05, 0.1) is 5.69 Å². The van der Waals surface area contributed by atoms with E-state index in [1.807, 2.05) is 24.3 Å². The van der Waals surface area contributed by atoms with Crippen LogP contribution in [0.15, 0.2) is 78.0 Å². The van der Waals surface area contributed by atoms with Crippen LogP contribution < -0.4 is 0 Å². The van der Waals surface area contributed by atoms with Gasteiger partial charge >= 0.3 is 0 Å². The summed E-state index contributed by atoms with van der Waals surface area (Å²) in [6, 6.07) is 25.0. The van der Waals surface area contributed by atoms with Gasteiger partial charge in [0.2, 0.25) is 0 Å². The summed E-state index contributed by atoms with van der Waals surface area (Å²) in [5, 5.41) is 3.76. The van der Waals surface area contributed by atoms with E-state index in [1.165, 1.54) is 27.5 Å². The van der Waals surface area contributed by atoms with Gasteiger partial charge in [0.25, 0.3) is 0 Å². The van der Waals surface area contributed by atoms with Gasteiger partial charge in [0, 0.05) is 12.2 Å². The lowest BCUT2D eigenvalue weighted by Crippen LogP contribution is -1.97. The Hall–Kier alpha value is -2.36. The van der Waals surface area contributed by atoms with Crippen molar-refractivity contribution in [1.29, 1.82) is 0 Å². The molecule has 0 bridgehead atoms. The number of thioether (sulfide) groups is 1. The third-order valence-electron chi connectivity index (χ3n) is 4.58. The molecule has 0 saturated carbocycles. The lowest BCUT2D eigenvalue weighted by molar-refractivity contribution is 0.903. The minimum Gasteiger partial charge on any atom is -0.227 e. The van der Waals surface area contributed by atoms with Crippen LogP contribution in [0, 0.1) is 6.92 Å². The summed E-state index contributed by atoms with van der Waals surface area (Å²) in [4.78, 5) is 9.14. The van der Waals surface area contributed by atoms with Crippen LogP contribution in [0.4, 0.5) is 0 Å². The van der Waals surface area contributed by atoms with Gasteiger partial charge in [0.1, 0.15) is 5.15 Å². The maximum atomic E-state index is 6.26. The van der Waals surface area contributed by atoms with Crippen LogP contribution in [0.2, 0.25) is 5.15 Å². The molecule has 1 aromatic heterocycles. The highest BCUT2D eigenvalue weighted by atomic mass is 35.5. The summed E-state index contributed by atoms with van der Waals surface area (Å²) in [7, 11) is 0. The van der Waals surface area contributed by atoms with Crippen molar-refractivity contribution in [3.05, 3.63) is 100 Å². The predicted molar refractivity (Wildman–Crippen MR) is 115 cm³/mol. The lowest BCUT2D eigenvalue weighted by Gasteiger charge is -2.10. The van der Waals surface area contributed by atoms with Crippen molar-refractivity contribution < 1.29 is 0 Å². The number of benzene rings is 3. The van der Waals surface area contributed by atoms with E-state index in [1.54, 1.807) is 11.8 Å². The predicted octanol–water partition coefficient (Wildman–Crippen LogP) is 6.47. The molecule has 0 aliphatic carbocycles. The maximum Gasteiger partial charge on any atom is 0.189 e. The van der Waals surface area contributed by atoms with E-state index < -0.39 is 0 Å². The van der Waals surface area contributed by atoms with Gasteiger partial charge in [-0.15, -0.1) is 0 Å². The average molecular weight is 391 g/mol. The molecule has 134 valence electrons. The van der Waals surface area contributed by atoms with Crippen LogP contribution in [-0.2, 0) is 12.2 Å². The first kappa shape index (κ1) is 18.0. The smallest absolute Gasteiger partial charge is 0.189 e. The number of halogens is 1. The molecule has 0 saturated heterocycles. The molecule has 0 radical (unpaired) electrons. The Kier molecular flexibility index (Phi) is 5.42. The molecule has 4 heteroatoms. The van der Waals surface area contributed by atoms with Crippen molar-refractivity contribution in [2.24, 2.45) is 0 Å². The molecule has 3 aromatic carbocycles. The first-order valence-corrected chi connectivity index (χ1v) is 10.2. The Bertz CT molecular complexity index is 1080. The number of hydrogen-bond donors (Lipinski definition) is 0. The second-order valence-electron chi connectivity index (χ2n) is 6.50. The third-order valence-corrected chi connectivity index (χ3v) is 5.64. The van der Waals surface area contributed by atoms with Crippen molar-refractivity contribution in [1.82, 2.24) is 9.97 Å². The van der Waals surface area contributed by atoms with Crippen LogP contribution in [-0.4, -0.2) is 9.97 Å². The summed E-state index contributed by atoms with van der Waals surface area (Å²) >= 11 is 7.89. The van der Waals surface area contributed by atoms with E-state index in [2.05, 4.69) is 60.4 Å². The lowest BCUT2D eigenvalue weighted by atomic mass is 10.0. The minimum absolute atomic E-state index is 0.494. The molecular formula is C23H19ClN2S. The number of aromatic nitrogens is 2. The summed E-state index contributed by atoms with van der Waals surface area (Å²) in [5.74, 6) is 0.818. The molecule has 0 aliphatic rings. The molecule has 0 fully saturated rings. The van der Waals surface area contributed by atoms with E-state index in [0.29, 0.717) is 5.15 Å². The van der Waals surface area contributed by atoms with Crippen LogP contribution in [0.25, 0.3) is 10.8 Å². The standard InChI is InChI=1S/C23H19ClN2S/c1-16-11-12-18-9-5-6-10-20(18)21(16)15-27-23-25-19(14-22(24)26-23)13-17-7-3-2-4-8-17/h2-12,14H,13,15H2,1H3. The fourth-order valence-corrected chi connectivity index (χ4v) is 4.43. The molecule has 0 amide bonds. The molecular weight excluding hydrogens is 372 g/mol. The summed E-state index contributed by atoms with van der Waals surface area (Å²) in [5.41, 5.74) is 4.77. The monoisotopic (exact) mass is 390 g/mol. The van der Waals surface area contributed by atoms with E-state index in [4.69, 9.17) is 16.6 Å². The Morgan fingerprint density at radius 2 is 1.67 bits per heavy atom. The van der Waals surface area contributed by atoms with Gasteiger partial charge < -0.3 is 0 Å². The van der Waals surface area contributed by atoms with Crippen molar-refractivity contribution in [3.8, 4) is 0 Å². The minimum atomic E-state index is 0.494. The van der Waals surface area contributed by atoms with E-state index >= 15 is 0 Å². The molecule has 0 N–H and O–H groups in total.